The molecule has 1 aliphatic rings. The first-order valence-electron chi connectivity index (χ1n) is 17.6. The highest BCUT2D eigenvalue weighted by Gasteiger charge is 2.37. The molecule has 0 unspecified atom stereocenters. The molecule has 0 spiro atoms. The van der Waals surface area contributed by atoms with Gasteiger partial charge in [-0.15, -0.1) is 6.58 Å². The van der Waals surface area contributed by atoms with Crippen molar-refractivity contribution in [2.75, 3.05) is 13.2 Å². The van der Waals surface area contributed by atoms with Crippen LogP contribution in [0.5, 0.6) is 0 Å². The van der Waals surface area contributed by atoms with Crippen molar-refractivity contribution in [1.29, 1.82) is 0 Å². The van der Waals surface area contributed by atoms with Gasteiger partial charge >= 0.3 is 7.82 Å². The van der Waals surface area contributed by atoms with Crippen molar-refractivity contribution >= 4 is 43.0 Å². The molecule has 1 fully saturated rings. The second kappa shape index (κ2) is 21.1. The number of unbranched alkanes of at least 4 members (excludes halogenated alkanes) is 2. The monoisotopic (exact) mass is 754 g/mol. The number of hydrogen-bond acceptors (Lipinski definition) is 10. The van der Waals surface area contributed by atoms with Crippen molar-refractivity contribution < 1.29 is 52.7 Å². The molecule has 0 aromatic carbocycles. The quantitative estimate of drug-likeness (QED) is 0.0490. The maximum absolute atomic E-state index is 14.0. The van der Waals surface area contributed by atoms with Crippen molar-refractivity contribution in [3.05, 3.63) is 30.9 Å². The van der Waals surface area contributed by atoms with Crippen molar-refractivity contribution in [3.63, 3.8) is 0 Å². The Labute approximate surface area is 304 Å². The number of hydrogen-bond donors (Lipinski definition) is 6. The number of likely N-dealkylation sites (tertiary alicyclic amines) is 1. The molecule has 6 atom stereocenters. The number of rotatable bonds is 24. The van der Waals surface area contributed by atoms with Gasteiger partial charge in [0.15, 0.2) is 11.6 Å². The summed E-state index contributed by atoms with van der Waals surface area (Å²) in [7, 11) is -5.05. The van der Waals surface area contributed by atoms with Crippen molar-refractivity contribution in [2.45, 2.75) is 116 Å². The summed E-state index contributed by atoms with van der Waals surface area (Å²) in [4.78, 5) is 103. The number of nitrogens with two attached hydrogens (primary N) is 1. The maximum atomic E-state index is 14.0. The molecule has 0 saturated carbocycles. The Morgan fingerprint density at radius 2 is 1.77 bits per heavy atom. The molecule has 1 aliphatic heterocycles. The molecule has 52 heavy (non-hydrogen) atoms. The van der Waals surface area contributed by atoms with Gasteiger partial charge in [-0.1, -0.05) is 19.9 Å². The van der Waals surface area contributed by atoms with Crippen molar-refractivity contribution in [1.82, 2.24) is 25.1 Å². The number of carbonyl (C=O) groups is 6. The lowest BCUT2D eigenvalue weighted by Gasteiger charge is -2.27. The van der Waals surface area contributed by atoms with Crippen LogP contribution in [0.3, 0.4) is 0 Å². The SMILES string of the molecule is C=CCCCCn1cncc1C[C@H](CC(=O)[C@H](CC(C)C)NC(=O)[C@@H]1CCCN1C(C)=O)C(=O)N[C@@H](CO)C(=O)C[C@H](C(N)=O)[C@@H](C)OP(=O)(O)O. The molecule has 4 amide bonds. The number of nitrogens with zero attached hydrogens (tertiary/aromatic N) is 3. The topological polar surface area (TPSA) is 261 Å². The Kier molecular flexibility index (Phi) is 18.0. The van der Waals surface area contributed by atoms with Gasteiger partial charge in [-0.3, -0.25) is 33.3 Å². The minimum atomic E-state index is -5.05. The maximum Gasteiger partial charge on any atom is 0.469 e. The lowest BCUT2D eigenvalue weighted by molar-refractivity contribution is -0.138. The highest BCUT2D eigenvalue weighted by atomic mass is 31.2. The largest absolute Gasteiger partial charge is 0.469 e. The molecular weight excluding hydrogens is 699 g/mol. The Morgan fingerprint density at radius 1 is 1.10 bits per heavy atom. The van der Waals surface area contributed by atoms with E-state index >= 15 is 0 Å². The fourth-order valence-corrected chi connectivity index (χ4v) is 6.86. The van der Waals surface area contributed by atoms with E-state index in [0.717, 1.165) is 26.2 Å². The molecule has 1 aromatic heterocycles. The van der Waals surface area contributed by atoms with Crippen LogP contribution in [0.2, 0.25) is 0 Å². The Balaban J connectivity index is 2.36. The Morgan fingerprint density at radius 3 is 2.35 bits per heavy atom. The number of allylic oxidation sites excluding steroid dienone is 1. The Hall–Kier alpha value is -3.76. The van der Waals surface area contributed by atoms with Gasteiger partial charge in [-0.05, 0) is 51.4 Å². The molecule has 2 heterocycles. The summed E-state index contributed by atoms with van der Waals surface area (Å²) in [6.45, 7) is 10.1. The summed E-state index contributed by atoms with van der Waals surface area (Å²) in [5.41, 5.74) is 6.01. The van der Waals surface area contributed by atoms with E-state index in [1.165, 1.54) is 11.8 Å². The fourth-order valence-electron chi connectivity index (χ4n) is 6.28. The van der Waals surface area contributed by atoms with Gasteiger partial charge in [0, 0.05) is 51.2 Å². The molecule has 1 aromatic rings. The summed E-state index contributed by atoms with van der Waals surface area (Å²) in [5.74, 6) is -6.53. The first kappa shape index (κ1) is 44.4. The smallest absolute Gasteiger partial charge is 0.394 e. The van der Waals surface area contributed by atoms with Crippen LogP contribution in [0.25, 0.3) is 0 Å². The number of imidazole rings is 1. The standard InChI is InChI=1S/C34H55N6O11P/c1-6-7-8-9-12-39-20-36-18-25(39)15-24(16-30(43)27(14-21(2)3)37-34(47)29-11-10-13-40(29)23(5)42)33(46)38-28(19-41)31(44)17-26(32(35)45)22(4)51-52(48,49)50/h6,18,20-22,24,26-29,41H,1,7-17,19H2,2-5H3,(H2,35,45)(H,37,47)(H,38,46)(H2,48,49,50)/t22-,24-,26+,27+,28+,29+/m1/s1. The number of aryl methyl sites for hydroxylation is 1. The van der Waals surface area contributed by atoms with E-state index in [2.05, 4.69) is 26.7 Å². The predicted molar refractivity (Wildman–Crippen MR) is 189 cm³/mol. The lowest BCUT2D eigenvalue weighted by Crippen LogP contribution is -2.52. The number of primary amides is 1. The first-order valence-corrected chi connectivity index (χ1v) is 19.1. The molecular formula is C34H55N6O11P. The zero-order valence-electron chi connectivity index (χ0n) is 30.4. The number of amides is 4. The van der Waals surface area contributed by atoms with Gasteiger partial charge in [0.1, 0.15) is 12.1 Å². The molecule has 292 valence electrons. The third kappa shape index (κ3) is 14.3. The zero-order valence-corrected chi connectivity index (χ0v) is 31.3. The van der Waals surface area contributed by atoms with E-state index in [0.29, 0.717) is 31.6 Å². The number of aliphatic hydroxyl groups excluding tert-OH is 1. The molecule has 2 rings (SSSR count). The van der Waals surface area contributed by atoms with Crippen LogP contribution in [0, 0.1) is 17.8 Å². The molecule has 0 bridgehead atoms. The van der Waals surface area contributed by atoms with E-state index in [4.69, 9.17) is 15.5 Å². The van der Waals surface area contributed by atoms with E-state index < -0.39 is 86.2 Å². The van der Waals surface area contributed by atoms with Gasteiger partial charge in [0.05, 0.1) is 36.9 Å². The summed E-state index contributed by atoms with van der Waals surface area (Å²) in [6.07, 6.45) is 6.25. The van der Waals surface area contributed by atoms with Crippen LogP contribution in [-0.2, 0) is 50.8 Å². The van der Waals surface area contributed by atoms with E-state index in [1.807, 2.05) is 24.5 Å². The van der Waals surface area contributed by atoms with Crippen molar-refractivity contribution in [2.24, 2.45) is 23.5 Å². The zero-order chi connectivity index (χ0) is 39.2. The molecule has 0 aliphatic carbocycles. The molecule has 0 radical (unpaired) electrons. The van der Waals surface area contributed by atoms with E-state index in [9.17, 15) is 38.4 Å². The first-order chi connectivity index (χ1) is 24.4. The Bertz CT molecular complexity index is 1460. The second-order valence-electron chi connectivity index (χ2n) is 13.7. The molecule has 1 saturated heterocycles. The highest BCUT2D eigenvalue weighted by molar-refractivity contribution is 7.46. The minimum Gasteiger partial charge on any atom is -0.394 e. The van der Waals surface area contributed by atoms with E-state index in [1.54, 1.807) is 12.5 Å². The number of aliphatic hydroxyl groups is 1. The number of ketones is 2. The number of nitrogens with one attached hydrogen (secondary N) is 2. The van der Waals surface area contributed by atoms with Gasteiger partial charge < -0.3 is 40.7 Å². The second-order valence-corrected chi connectivity index (χ2v) is 14.9. The number of phosphoric acid groups is 1. The van der Waals surface area contributed by atoms with Crippen LogP contribution in [0.1, 0.15) is 84.8 Å². The van der Waals surface area contributed by atoms with Crippen LogP contribution >= 0.6 is 7.82 Å². The number of carbonyl (C=O) groups excluding carboxylic acids is 6. The highest BCUT2D eigenvalue weighted by Crippen LogP contribution is 2.39. The van der Waals surface area contributed by atoms with Gasteiger partial charge in [-0.2, -0.15) is 0 Å². The summed E-state index contributed by atoms with van der Waals surface area (Å²) < 4.78 is 17.7. The third-order valence-corrected chi connectivity index (χ3v) is 9.65. The summed E-state index contributed by atoms with van der Waals surface area (Å²) in [5, 5.41) is 15.4. The lowest BCUT2D eigenvalue weighted by atomic mass is 9.89. The normalized spacial score (nSPS) is 17.5. The summed E-state index contributed by atoms with van der Waals surface area (Å²) in [6, 6.07) is -3.27. The van der Waals surface area contributed by atoms with Crippen LogP contribution in [0.15, 0.2) is 25.2 Å². The number of Topliss-reactive ketones (excluding diaryl/α,β-unsaturated/α-hetero) is 2. The number of aromatic nitrogens is 2. The van der Waals surface area contributed by atoms with Crippen LogP contribution in [-0.4, -0.2) is 102 Å². The summed E-state index contributed by atoms with van der Waals surface area (Å²) >= 11 is 0. The average molecular weight is 755 g/mol. The molecule has 17 nitrogen and oxygen atoms in total. The average Bonchev–Trinajstić information content (AvgIpc) is 3.72. The number of phosphoric ester groups is 1. The van der Waals surface area contributed by atoms with Crippen LogP contribution in [0.4, 0.5) is 0 Å². The third-order valence-electron chi connectivity index (χ3n) is 9.05. The fraction of sp³-hybridized carbons (Fsp3) is 0.676. The van der Waals surface area contributed by atoms with Gasteiger partial charge in [-0.25, -0.2) is 9.55 Å². The van der Waals surface area contributed by atoms with Gasteiger partial charge in [0.2, 0.25) is 23.6 Å². The van der Waals surface area contributed by atoms with Gasteiger partial charge in [0.25, 0.3) is 0 Å². The molecule has 18 heteroatoms. The van der Waals surface area contributed by atoms with Crippen LogP contribution < -0.4 is 16.4 Å². The van der Waals surface area contributed by atoms with Crippen molar-refractivity contribution in [3.8, 4) is 0 Å². The van der Waals surface area contributed by atoms with E-state index in [-0.39, 0.29) is 31.1 Å². The minimum absolute atomic E-state index is 0.00548. The molecule has 7 N–H and O–H groups in total. The predicted octanol–water partition coefficient (Wildman–Crippen LogP) is 0.935.